The molecule has 0 radical (unpaired) electrons. The zero-order valence-corrected chi connectivity index (χ0v) is 15.0. The van der Waals surface area contributed by atoms with Gasteiger partial charge in [0.2, 0.25) is 11.8 Å². The fourth-order valence-corrected chi connectivity index (χ4v) is 3.49. The van der Waals surface area contributed by atoms with Crippen molar-refractivity contribution < 1.29 is 4.42 Å². The van der Waals surface area contributed by atoms with Gasteiger partial charge in [-0.3, -0.25) is 4.68 Å². The van der Waals surface area contributed by atoms with Gasteiger partial charge in [0.05, 0.1) is 22.9 Å². The van der Waals surface area contributed by atoms with Crippen molar-refractivity contribution in [3.8, 4) is 11.5 Å². The number of thioether (sulfide) groups is 1. The molecule has 1 aromatic carbocycles. The van der Waals surface area contributed by atoms with Crippen molar-refractivity contribution in [2.24, 2.45) is 7.05 Å². The van der Waals surface area contributed by atoms with Crippen LogP contribution in [-0.4, -0.2) is 29.9 Å². The quantitative estimate of drug-likeness (QED) is 0.381. The van der Waals surface area contributed by atoms with Gasteiger partial charge in [0, 0.05) is 11.5 Å². The van der Waals surface area contributed by atoms with Crippen molar-refractivity contribution in [2.75, 3.05) is 0 Å². The summed E-state index contributed by atoms with van der Waals surface area (Å²) in [7, 11) is 1.85. The van der Waals surface area contributed by atoms with E-state index in [-0.39, 0.29) is 0 Å². The second kappa shape index (κ2) is 6.33. The molecule has 0 N–H and O–H groups in total. The summed E-state index contributed by atoms with van der Waals surface area (Å²) >= 11 is 5.00. The number of halogens is 1. The van der Waals surface area contributed by atoms with E-state index in [0.29, 0.717) is 17.5 Å². The van der Waals surface area contributed by atoms with E-state index >= 15 is 0 Å². The monoisotopic (exact) mass is 402 g/mol. The maximum Gasteiger partial charge on any atom is 0.248 e. The Hall–Kier alpha value is -2.26. The van der Waals surface area contributed by atoms with E-state index in [1.165, 1.54) is 18.1 Å². The van der Waals surface area contributed by atoms with Gasteiger partial charge in [-0.05, 0) is 28.1 Å². The molecular formula is C15H11BrN6OS. The highest BCUT2D eigenvalue weighted by Crippen LogP contribution is 2.30. The Bertz CT molecular complexity index is 1010. The Kier molecular flexibility index (Phi) is 4.03. The first-order valence-corrected chi connectivity index (χ1v) is 8.83. The average molecular weight is 403 g/mol. The highest BCUT2D eigenvalue weighted by molar-refractivity contribution is 9.10. The van der Waals surface area contributed by atoms with Gasteiger partial charge >= 0.3 is 0 Å². The van der Waals surface area contributed by atoms with Gasteiger partial charge < -0.3 is 4.42 Å². The van der Waals surface area contributed by atoms with E-state index in [1.807, 2.05) is 31.3 Å². The number of aryl methyl sites for hydroxylation is 1. The van der Waals surface area contributed by atoms with Crippen molar-refractivity contribution in [1.82, 2.24) is 29.9 Å². The molecule has 9 heteroatoms. The summed E-state index contributed by atoms with van der Waals surface area (Å²) in [6.07, 6.45) is 3.30. The molecule has 0 saturated heterocycles. The maximum absolute atomic E-state index is 5.75. The molecule has 7 nitrogen and oxygen atoms in total. The Morgan fingerprint density at radius 3 is 2.96 bits per heavy atom. The molecule has 3 heterocycles. The van der Waals surface area contributed by atoms with E-state index in [2.05, 4.69) is 41.2 Å². The molecule has 0 aliphatic carbocycles. The summed E-state index contributed by atoms with van der Waals surface area (Å²) in [5.41, 5.74) is 1.67. The molecule has 4 aromatic rings. The van der Waals surface area contributed by atoms with E-state index < -0.39 is 0 Å². The summed E-state index contributed by atoms with van der Waals surface area (Å²) in [5, 5.41) is 14.2. The van der Waals surface area contributed by atoms with Gasteiger partial charge in [-0.1, -0.05) is 23.9 Å². The van der Waals surface area contributed by atoms with Crippen LogP contribution in [0.5, 0.6) is 0 Å². The molecule has 0 atom stereocenters. The molecule has 0 saturated carbocycles. The summed E-state index contributed by atoms with van der Waals surface area (Å²) in [5.74, 6) is 1.56. The van der Waals surface area contributed by atoms with Crippen molar-refractivity contribution in [1.29, 1.82) is 0 Å². The molecule has 0 amide bonds. The third kappa shape index (κ3) is 2.80. The number of aromatic nitrogens is 6. The Morgan fingerprint density at radius 1 is 1.21 bits per heavy atom. The molecule has 3 aromatic heterocycles. The van der Waals surface area contributed by atoms with Gasteiger partial charge in [-0.25, -0.2) is 9.97 Å². The van der Waals surface area contributed by atoms with Crippen LogP contribution < -0.4 is 0 Å². The first-order chi connectivity index (χ1) is 11.7. The van der Waals surface area contributed by atoms with Crippen molar-refractivity contribution in [2.45, 2.75) is 10.8 Å². The number of benzene rings is 1. The van der Waals surface area contributed by atoms with Crippen LogP contribution >= 0.6 is 27.7 Å². The average Bonchev–Trinajstić information content (AvgIpc) is 3.21. The number of hydrogen-bond acceptors (Lipinski definition) is 7. The molecule has 0 aliphatic rings. The van der Waals surface area contributed by atoms with E-state index in [9.17, 15) is 0 Å². The van der Waals surface area contributed by atoms with Crippen LogP contribution in [0.15, 0.2) is 50.7 Å². The lowest BCUT2D eigenvalue weighted by Gasteiger charge is -2.00. The van der Waals surface area contributed by atoms with Crippen LogP contribution in [-0.2, 0) is 12.8 Å². The van der Waals surface area contributed by atoms with E-state index in [4.69, 9.17) is 4.42 Å². The largest absolute Gasteiger partial charge is 0.420 e. The third-order valence-corrected chi connectivity index (χ3v) is 5.08. The lowest BCUT2D eigenvalue weighted by Crippen LogP contribution is -1.93. The second-order valence-corrected chi connectivity index (χ2v) is 6.77. The normalized spacial score (nSPS) is 11.2. The summed E-state index contributed by atoms with van der Waals surface area (Å²) in [4.78, 5) is 8.54. The Morgan fingerprint density at radius 2 is 2.08 bits per heavy atom. The van der Waals surface area contributed by atoms with E-state index in [0.717, 1.165) is 26.1 Å². The third-order valence-electron chi connectivity index (χ3n) is 3.40. The van der Waals surface area contributed by atoms with Crippen molar-refractivity contribution in [3.63, 3.8) is 0 Å². The van der Waals surface area contributed by atoms with Gasteiger partial charge in [0.25, 0.3) is 0 Å². The van der Waals surface area contributed by atoms with Gasteiger partial charge in [0.1, 0.15) is 11.4 Å². The minimum atomic E-state index is 0.493. The fraction of sp³-hybridized carbons (Fsp3) is 0.133. The van der Waals surface area contributed by atoms with Crippen LogP contribution in [0.2, 0.25) is 0 Å². The lowest BCUT2D eigenvalue weighted by molar-refractivity contribution is 0.528. The van der Waals surface area contributed by atoms with Crippen LogP contribution in [0.4, 0.5) is 0 Å². The van der Waals surface area contributed by atoms with Gasteiger partial charge in [0.15, 0.2) is 5.65 Å². The lowest BCUT2D eigenvalue weighted by atomic mass is 10.2. The zero-order valence-electron chi connectivity index (χ0n) is 12.5. The SMILES string of the molecule is Cn1ncc2c(SCc3nnc(-c4ccccc4Br)o3)ncnc21. The predicted octanol–water partition coefficient (Wildman–Crippen LogP) is 3.47. The smallest absolute Gasteiger partial charge is 0.248 e. The molecule has 120 valence electrons. The van der Waals surface area contributed by atoms with E-state index in [1.54, 1.807) is 10.9 Å². The zero-order chi connectivity index (χ0) is 16.5. The molecule has 24 heavy (non-hydrogen) atoms. The minimum absolute atomic E-state index is 0.493. The standard InChI is InChI=1S/C15H11BrN6OS/c1-22-13-10(6-19-22)15(18-8-17-13)24-7-12-20-21-14(23-12)9-4-2-3-5-11(9)16/h2-6,8H,7H2,1H3. The number of fused-ring (bicyclic) bond motifs is 1. The van der Waals surface area contributed by atoms with Gasteiger partial charge in [-0.15, -0.1) is 10.2 Å². The first-order valence-electron chi connectivity index (χ1n) is 7.05. The van der Waals surface area contributed by atoms with Crippen LogP contribution in [0.25, 0.3) is 22.5 Å². The predicted molar refractivity (Wildman–Crippen MR) is 93.3 cm³/mol. The fourth-order valence-electron chi connectivity index (χ4n) is 2.24. The van der Waals surface area contributed by atoms with Crippen molar-refractivity contribution >= 4 is 38.7 Å². The number of hydrogen-bond donors (Lipinski definition) is 0. The highest BCUT2D eigenvalue weighted by Gasteiger charge is 2.13. The van der Waals surface area contributed by atoms with Crippen LogP contribution in [0.3, 0.4) is 0 Å². The molecule has 0 spiro atoms. The van der Waals surface area contributed by atoms with Crippen molar-refractivity contribution in [3.05, 3.63) is 47.2 Å². The molecule has 0 aliphatic heterocycles. The number of nitrogens with zero attached hydrogens (tertiary/aromatic N) is 6. The highest BCUT2D eigenvalue weighted by atomic mass is 79.9. The topological polar surface area (TPSA) is 82.5 Å². The van der Waals surface area contributed by atoms with Gasteiger partial charge in [-0.2, -0.15) is 5.10 Å². The second-order valence-electron chi connectivity index (χ2n) is 4.95. The Balaban J connectivity index is 1.55. The summed E-state index contributed by atoms with van der Waals surface area (Å²) < 4.78 is 8.39. The molecule has 0 unspecified atom stereocenters. The Labute approximate surface area is 149 Å². The van der Waals surface area contributed by atoms with Crippen LogP contribution in [0, 0.1) is 0 Å². The molecule has 0 bridgehead atoms. The maximum atomic E-state index is 5.75. The summed E-state index contributed by atoms with van der Waals surface area (Å²) in [6, 6.07) is 7.74. The molecule has 4 rings (SSSR count). The number of rotatable bonds is 4. The van der Waals surface area contributed by atoms with Crippen LogP contribution in [0.1, 0.15) is 5.89 Å². The summed E-state index contributed by atoms with van der Waals surface area (Å²) in [6.45, 7) is 0. The molecular weight excluding hydrogens is 392 g/mol. The first kappa shape index (κ1) is 15.3. The minimum Gasteiger partial charge on any atom is -0.420 e. The molecule has 0 fully saturated rings.